The summed E-state index contributed by atoms with van der Waals surface area (Å²) in [5.41, 5.74) is 6.80. The van der Waals surface area contributed by atoms with Gasteiger partial charge in [0.15, 0.2) is 0 Å². The van der Waals surface area contributed by atoms with Crippen molar-refractivity contribution in [1.82, 2.24) is 9.88 Å². The van der Waals surface area contributed by atoms with Gasteiger partial charge in [0.25, 0.3) is 0 Å². The Bertz CT molecular complexity index is 1410. The Balaban J connectivity index is 1.20. The zero-order valence-corrected chi connectivity index (χ0v) is 24.6. The lowest BCUT2D eigenvalue weighted by Gasteiger charge is -2.37. The van der Waals surface area contributed by atoms with Crippen molar-refractivity contribution in [2.75, 3.05) is 44.9 Å². The van der Waals surface area contributed by atoms with Crippen LogP contribution >= 0.6 is 0 Å². The van der Waals surface area contributed by atoms with Crippen LogP contribution < -0.4 is 9.64 Å². The van der Waals surface area contributed by atoms with E-state index in [0.717, 1.165) is 79.5 Å². The first-order chi connectivity index (χ1) is 20.5. The molecule has 2 atom stereocenters. The number of carbonyl (C=O) groups is 1. The van der Waals surface area contributed by atoms with Crippen LogP contribution in [0.15, 0.2) is 54.6 Å². The molecule has 0 spiro atoms. The predicted octanol–water partition coefficient (Wildman–Crippen LogP) is 5.10. The number of fused-ring (bicyclic) bond motifs is 1. The lowest BCUT2D eigenvalue weighted by molar-refractivity contribution is -0.142. The van der Waals surface area contributed by atoms with E-state index in [1.54, 1.807) is 7.11 Å². The van der Waals surface area contributed by atoms with Crippen molar-refractivity contribution in [1.29, 1.82) is 0 Å². The Labute approximate surface area is 248 Å². The van der Waals surface area contributed by atoms with Crippen LogP contribution in [0.25, 0.3) is 11.3 Å². The normalized spacial score (nSPS) is 21.3. The van der Waals surface area contributed by atoms with Crippen molar-refractivity contribution in [3.63, 3.8) is 0 Å². The summed E-state index contributed by atoms with van der Waals surface area (Å²) in [6, 6.07) is 19.2. The molecule has 0 radical (unpaired) electrons. The van der Waals surface area contributed by atoms with Crippen molar-refractivity contribution in [2.45, 2.75) is 57.8 Å². The highest BCUT2D eigenvalue weighted by atomic mass is 16.5. The molecule has 2 fully saturated rings. The van der Waals surface area contributed by atoms with Gasteiger partial charge in [0.2, 0.25) is 0 Å². The topological polar surface area (TPSA) is 84.4 Å². The molecule has 42 heavy (non-hydrogen) atoms. The summed E-state index contributed by atoms with van der Waals surface area (Å²) >= 11 is 0. The second-order valence-corrected chi connectivity index (χ2v) is 11.7. The summed E-state index contributed by atoms with van der Waals surface area (Å²) in [5, 5.41) is 9.74. The molecule has 3 aliphatic heterocycles. The number of nitrogens with zero attached hydrogens (tertiary/aromatic N) is 3. The molecule has 222 valence electrons. The lowest BCUT2D eigenvalue weighted by Crippen LogP contribution is -2.42. The van der Waals surface area contributed by atoms with Gasteiger partial charge in [-0.25, -0.2) is 4.98 Å². The van der Waals surface area contributed by atoms with Crippen molar-refractivity contribution in [3.05, 3.63) is 76.9 Å². The number of hydrogen-bond acceptors (Lipinski definition) is 7. The number of ether oxygens (including phenoxy) is 3. The maximum absolute atomic E-state index is 11.9. The highest BCUT2D eigenvalue weighted by molar-refractivity contribution is 5.74. The summed E-state index contributed by atoms with van der Waals surface area (Å²) in [6.45, 7) is 7.35. The number of aromatic nitrogens is 1. The molecule has 3 aliphatic rings. The second-order valence-electron chi connectivity index (χ2n) is 11.7. The number of anilines is 1. The van der Waals surface area contributed by atoms with Gasteiger partial charge >= 0.3 is 5.97 Å². The van der Waals surface area contributed by atoms with Crippen LogP contribution in [0.2, 0.25) is 0 Å². The standard InChI is InChI=1S/C34H41N3O5/c1-23-5-3-6-28(30-7-4-8-32(35-30)37-16-12-29(34(38)39)31(37)22-40-2)33(23)42-21-24-9-10-25-11-15-36(20-26(25)19-24)27-13-17-41-18-14-27/h3-10,19,27,29,31H,11-18,20-22H2,1-2H3,(H,38,39)/t29-,31-/m1/s1. The van der Waals surface area contributed by atoms with E-state index < -0.39 is 11.9 Å². The fourth-order valence-corrected chi connectivity index (χ4v) is 6.82. The van der Waals surface area contributed by atoms with E-state index in [-0.39, 0.29) is 6.04 Å². The van der Waals surface area contributed by atoms with Crippen molar-refractivity contribution in [3.8, 4) is 17.0 Å². The van der Waals surface area contributed by atoms with Gasteiger partial charge in [0, 0.05) is 51.6 Å². The van der Waals surface area contributed by atoms with Crippen LogP contribution in [0.3, 0.4) is 0 Å². The minimum atomic E-state index is -0.788. The van der Waals surface area contributed by atoms with E-state index in [0.29, 0.717) is 32.2 Å². The number of methoxy groups -OCH3 is 1. The number of aryl methyl sites for hydroxylation is 1. The van der Waals surface area contributed by atoms with Crippen LogP contribution in [0.1, 0.15) is 41.5 Å². The number of carboxylic acids is 1. The average Bonchev–Trinajstić information content (AvgIpc) is 3.45. The molecule has 6 rings (SSSR count). The first kappa shape index (κ1) is 28.6. The first-order valence-electron chi connectivity index (χ1n) is 15.1. The zero-order valence-electron chi connectivity index (χ0n) is 24.6. The Kier molecular flexibility index (Phi) is 8.74. The minimum absolute atomic E-state index is 0.255. The van der Waals surface area contributed by atoms with E-state index >= 15 is 0 Å². The molecule has 0 saturated carbocycles. The third-order valence-electron chi connectivity index (χ3n) is 9.12. The smallest absolute Gasteiger partial charge is 0.308 e. The van der Waals surface area contributed by atoms with Crippen LogP contribution in [-0.2, 0) is 33.8 Å². The summed E-state index contributed by atoms with van der Waals surface area (Å²) in [5.74, 6) is 0.314. The molecule has 1 aromatic heterocycles. The summed E-state index contributed by atoms with van der Waals surface area (Å²) in [7, 11) is 1.61. The second kappa shape index (κ2) is 12.8. The molecule has 0 aliphatic carbocycles. The quantitative estimate of drug-likeness (QED) is 0.380. The van der Waals surface area contributed by atoms with E-state index in [2.05, 4.69) is 41.0 Å². The number of hydrogen-bond donors (Lipinski definition) is 1. The molecule has 0 unspecified atom stereocenters. The highest BCUT2D eigenvalue weighted by Gasteiger charge is 2.39. The molecule has 2 saturated heterocycles. The maximum Gasteiger partial charge on any atom is 0.308 e. The van der Waals surface area contributed by atoms with Crippen molar-refractivity contribution in [2.24, 2.45) is 5.92 Å². The Morgan fingerprint density at radius 3 is 2.69 bits per heavy atom. The third kappa shape index (κ3) is 6.02. The number of para-hydroxylation sites is 1. The van der Waals surface area contributed by atoms with Gasteiger partial charge in [-0.15, -0.1) is 0 Å². The number of aliphatic carboxylic acids is 1. The van der Waals surface area contributed by atoms with Crippen LogP contribution in [-0.4, -0.2) is 73.1 Å². The molecule has 3 aromatic rings. The summed E-state index contributed by atoms with van der Waals surface area (Å²) < 4.78 is 17.5. The van der Waals surface area contributed by atoms with E-state index in [1.165, 1.54) is 11.1 Å². The fourth-order valence-electron chi connectivity index (χ4n) is 6.82. The zero-order chi connectivity index (χ0) is 29.1. The van der Waals surface area contributed by atoms with Gasteiger partial charge < -0.3 is 24.2 Å². The van der Waals surface area contributed by atoms with Crippen LogP contribution in [0, 0.1) is 12.8 Å². The van der Waals surface area contributed by atoms with E-state index in [1.807, 2.05) is 30.3 Å². The van der Waals surface area contributed by atoms with Gasteiger partial charge in [-0.1, -0.05) is 36.4 Å². The van der Waals surface area contributed by atoms with Gasteiger partial charge in [-0.05, 0) is 73.1 Å². The Morgan fingerprint density at radius 1 is 1.05 bits per heavy atom. The Hall–Kier alpha value is -3.46. The molecule has 2 aromatic carbocycles. The van der Waals surface area contributed by atoms with E-state index in [9.17, 15) is 9.90 Å². The lowest BCUT2D eigenvalue weighted by atomic mass is 9.95. The molecule has 0 amide bonds. The van der Waals surface area contributed by atoms with Gasteiger partial charge in [0.05, 0.1) is 24.3 Å². The van der Waals surface area contributed by atoms with Gasteiger partial charge in [-0.3, -0.25) is 9.69 Å². The summed E-state index contributed by atoms with van der Waals surface area (Å²) in [4.78, 5) is 21.6. The SMILES string of the molecule is COC[C@@H]1[C@H](C(=O)O)CCN1c1cccc(-c2cccc(C)c2OCc2ccc3c(c2)CN(C2CCOCC2)CC3)n1. The molecule has 0 bridgehead atoms. The molecule has 4 heterocycles. The number of benzene rings is 2. The Morgan fingerprint density at radius 2 is 1.88 bits per heavy atom. The number of pyridine rings is 1. The molecule has 1 N–H and O–H groups in total. The molecule has 8 nitrogen and oxygen atoms in total. The van der Waals surface area contributed by atoms with Gasteiger partial charge in [-0.2, -0.15) is 0 Å². The van der Waals surface area contributed by atoms with Crippen molar-refractivity contribution < 1.29 is 24.1 Å². The average molecular weight is 572 g/mol. The number of rotatable bonds is 9. The monoisotopic (exact) mass is 571 g/mol. The first-order valence-corrected chi connectivity index (χ1v) is 15.1. The molecule has 8 heteroatoms. The van der Waals surface area contributed by atoms with Gasteiger partial charge in [0.1, 0.15) is 18.2 Å². The number of carboxylic acid groups (broad SMARTS) is 1. The maximum atomic E-state index is 11.9. The third-order valence-corrected chi connectivity index (χ3v) is 9.12. The largest absolute Gasteiger partial charge is 0.488 e. The fraction of sp³-hybridized carbons (Fsp3) is 0.471. The predicted molar refractivity (Wildman–Crippen MR) is 162 cm³/mol. The van der Waals surface area contributed by atoms with E-state index in [4.69, 9.17) is 19.2 Å². The van der Waals surface area contributed by atoms with Crippen LogP contribution in [0.5, 0.6) is 5.75 Å². The summed E-state index contributed by atoms with van der Waals surface area (Å²) in [6.07, 6.45) is 3.90. The van der Waals surface area contributed by atoms with Crippen molar-refractivity contribution >= 4 is 11.8 Å². The van der Waals surface area contributed by atoms with Crippen LogP contribution in [0.4, 0.5) is 5.82 Å². The molecular weight excluding hydrogens is 530 g/mol. The highest BCUT2D eigenvalue weighted by Crippen LogP contribution is 2.36. The molecular formula is C34H41N3O5. The minimum Gasteiger partial charge on any atom is -0.488 e.